The second-order valence-electron chi connectivity index (χ2n) is 5.03. The molecule has 2 rings (SSSR count). The smallest absolute Gasteiger partial charge is 0.138 e. The molecule has 2 N–H and O–H groups in total. The highest BCUT2D eigenvalue weighted by Crippen LogP contribution is 2.25. The summed E-state index contributed by atoms with van der Waals surface area (Å²) < 4.78 is 24.1. The van der Waals surface area contributed by atoms with Crippen molar-refractivity contribution >= 4 is 0 Å². The molecule has 2 aromatic rings. The average molecular weight is 289 g/mol. The Morgan fingerprint density at radius 3 is 2.48 bits per heavy atom. The van der Waals surface area contributed by atoms with Crippen molar-refractivity contribution in [3.05, 3.63) is 65.5 Å². The largest absolute Gasteiger partial charge is 0.484 e. The third-order valence-corrected chi connectivity index (χ3v) is 3.15. The Morgan fingerprint density at radius 1 is 1.14 bits per heavy atom. The van der Waals surface area contributed by atoms with Gasteiger partial charge in [-0.2, -0.15) is 0 Å². The number of hydrogen-bond acceptors (Lipinski definition) is 3. The summed E-state index contributed by atoms with van der Waals surface area (Å²) in [5, 5.41) is 0. The summed E-state index contributed by atoms with van der Waals surface area (Å²) in [7, 11) is 1.65. The molecule has 0 saturated heterocycles. The fourth-order valence-corrected chi connectivity index (χ4v) is 2.15. The minimum atomic E-state index is -0.330. The van der Waals surface area contributed by atoms with Crippen LogP contribution in [0, 0.1) is 5.82 Å². The van der Waals surface area contributed by atoms with Crippen LogP contribution < -0.4 is 10.5 Å². The molecule has 21 heavy (non-hydrogen) atoms. The van der Waals surface area contributed by atoms with Crippen LogP contribution in [-0.2, 0) is 11.3 Å². The van der Waals surface area contributed by atoms with E-state index in [1.807, 2.05) is 31.2 Å². The molecular weight excluding hydrogens is 269 g/mol. The molecule has 0 fully saturated rings. The van der Waals surface area contributed by atoms with Crippen LogP contribution in [0.2, 0.25) is 0 Å². The maximum atomic E-state index is 13.0. The van der Waals surface area contributed by atoms with Gasteiger partial charge in [0.25, 0.3) is 0 Å². The number of benzene rings is 2. The van der Waals surface area contributed by atoms with Gasteiger partial charge in [0.15, 0.2) is 0 Å². The van der Waals surface area contributed by atoms with Crippen LogP contribution in [0.3, 0.4) is 0 Å². The van der Waals surface area contributed by atoms with Crippen LogP contribution in [0.25, 0.3) is 0 Å². The molecule has 0 bridgehead atoms. The van der Waals surface area contributed by atoms with Gasteiger partial charge in [-0.3, -0.25) is 0 Å². The molecule has 0 radical (unpaired) electrons. The van der Waals surface area contributed by atoms with E-state index in [4.69, 9.17) is 15.2 Å². The summed E-state index contributed by atoms with van der Waals surface area (Å²) in [6.45, 7) is 2.39. The molecule has 2 atom stereocenters. The van der Waals surface area contributed by atoms with Gasteiger partial charge in [0.1, 0.15) is 17.7 Å². The highest BCUT2D eigenvalue weighted by Gasteiger charge is 2.18. The van der Waals surface area contributed by atoms with Gasteiger partial charge < -0.3 is 15.2 Å². The van der Waals surface area contributed by atoms with Crippen molar-refractivity contribution in [1.82, 2.24) is 0 Å². The summed E-state index contributed by atoms with van der Waals surface area (Å²) in [6, 6.07) is 13.7. The summed E-state index contributed by atoms with van der Waals surface area (Å²) >= 11 is 0. The van der Waals surface area contributed by atoms with Crippen LogP contribution in [0.1, 0.15) is 24.2 Å². The van der Waals surface area contributed by atoms with E-state index >= 15 is 0 Å². The van der Waals surface area contributed by atoms with Crippen molar-refractivity contribution in [3.8, 4) is 5.75 Å². The van der Waals surface area contributed by atoms with Crippen LogP contribution in [-0.4, -0.2) is 13.2 Å². The minimum absolute atomic E-state index is 0.221. The summed E-state index contributed by atoms with van der Waals surface area (Å²) in [6.07, 6.45) is -0.330. The summed E-state index contributed by atoms with van der Waals surface area (Å²) in [5.41, 5.74) is 7.88. The fraction of sp³-hybridized carbons (Fsp3) is 0.294. The van der Waals surface area contributed by atoms with Crippen molar-refractivity contribution in [2.45, 2.75) is 25.7 Å². The van der Waals surface area contributed by atoms with E-state index in [0.29, 0.717) is 6.61 Å². The van der Waals surface area contributed by atoms with Crippen LogP contribution in [0.4, 0.5) is 4.39 Å². The lowest BCUT2D eigenvalue weighted by Crippen LogP contribution is -2.29. The number of hydrogen-bond donors (Lipinski definition) is 1. The summed E-state index contributed by atoms with van der Waals surface area (Å²) in [5.74, 6) is 0.445. The third kappa shape index (κ3) is 4.28. The zero-order valence-electron chi connectivity index (χ0n) is 12.3. The Bertz CT molecular complexity index is 569. The molecule has 2 unspecified atom stereocenters. The zero-order valence-corrected chi connectivity index (χ0v) is 12.3. The van der Waals surface area contributed by atoms with E-state index in [2.05, 4.69) is 0 Å². The highest BCUT2D eigenvalue weighted by molar-refractivity contribution is 5.30. The van der Waals surface area contributed by atoms with E-state index < -0.39 is 0 Å². The molecule has 0 heterocycles. The second-order valence-corrected chi connectivity index (χ2v) is 5.03. The molecule has 112 valence electrons. The second kappa shape index (κ2) is 7.20. The van der Waals surface area contributed by atoms with E-state index in [-0.39, 0.29) is 18.0 Å². The minimum Gasteiger partial charge on any atom is -0.484 e. The first-order valence-corrected chi connectivity index (χ1v) is 6.85. The molecule has 4 heteroatoms. The standard InChI is InChI=1S/C17H20FNO2/c1-12(19)17(14-6-8-15(18)9-7-14)21-16-5-3-4-13(10-16)11-20-2/h3-10,12,17H,11,19H2,1-2H3. The lowest BCUT2D eigenvalue weighted by Gasteiger charge is -2.23. The third-order valence-electron chi connectivity index (χ3n) is 3.15. The van der Waals surface area contributed by atoms with E-state index in [0.717, 1.165) is 16.9 Å². The van der Waals surface area contributed by atoms with Crippen LogP contribution in [0.5, 0.6) is 5.75 Å². The Labute approximate surface area is 124 Å². The molecular formula is C17H20FNO2. The SMILES string of the molecule is COCc1cccc(OC(c2ccc(F)cc2)C(C)N)c1. The lowest BCUT2D eigenvalue weighted by molar-refractivity contribution is 0.175. The van der Waals surface area contributed by atoms with Crippen LogP contribution in [0.15, 0.2) is 48.5 Å². The van der Waals surface area contributed by atoms with Gasteiger partial charge in [-0.15, -0.1) is 0 Å². The maximum Gasteiger partial charge on any atom is 0.138 e. The average Bonchev–Trinajstić information content (AvgIpc) is 2.46. The Morgan fingerprint density at radius 2 is 1.86 bits per heavy atom. The number of methoxy groups -OCH3 is 1. The van der Waals surface area contributed by atoms with Gasteiger partial charge in [-0.25, -0.2) is 4.39 Å². The number of ether oxygens (including phenoxy) is 2. The van der Waals surface area contributed by atoms with Gasteiger partial charge in [0, 0.05) is 13.2 Å². The lowest BCUT2D eigenvalue weighted by atomic mass is 10.0. The Hall–Kier alpha value is -1.91. The van der Waals surface area contributed by atoms with Gasteiger partial charge in [-0.1, -0.05) is 24.3 Å². The molecule has 0 aliphatic heterocycles. The number of halogens is 1. The van der Waals surface area contributed by atoms with Crippen molar-refractivity contribution in [2.75, 3.05) is 7.11 Å². The number of nitrogens with two attached hydrogens (primary N) is 1. The zero-order chi connectivity index (χ0) is 15.2. The molecule has 0 amide bonds. The number of rotatable bonds is 6. The first-order chi connectivity index (χ1) is 10.1. The first-order valence-electron chi connectivity index (χ1n) is 6.85. The predicted molar refractivity (Wildman–Crippen MR) is 80.6 cm³/mol. The predicted octanol–water partition coefficient (Wildman–Crippen LogP) is 3.44. The molecule has 0 saturated carbocycles. The van der Waals surface area contributed by atoms with Gasteiger partial charge in [-0.05, 0) is 42.3 Å². The molecule has 0 aromatic heterocycles. The van der Waals surface area contributed by atoms with E-state index in [9.17, 15) is 4.39 Å². The van der Waals surface area contributed by atoms with Crippen molar-refractivity contribution in [1.29, 1.82) is 0 Å². The highest BCUT2D eigenvalue weighted by atomic mass is 19.1. The fourth-order valence-electron chi connectivity index (χ4n) is 2.15. The Kier molecular flexibility index (Phi) is 5.31. The molecule has 0 aliphatic carbocycles. The normalized spacial score (nSPS) is 13.7. The van der Waals surface area contributed by atoms with Crippen molar-refractivity contribution < 1.29 is 13.9 Å². The molecule has 0 spiro atoms. The monoisotopic (exact) mass is 289 g/mol. The summed E-state index contributed by atoms with van der Waals surface area (Å²) in [4.78, 5) is 0. The molecule has 0 aliphatic rings. The first kappa shape index (κ1) is 15.5. The van der Waals surface area contributed by atoms with E-state index in [1.54, 1.807) is 19.2 Å². The van der Waals surface area contributed by atoms with Gasteiger partial charge in [0.2, 0.25) is 0 Å². The van der Waals surface area contributed by atoms with Crippen LogP contribution >= 0.6 is 0 Å². The molecule has 3 nitrogen and oxygen atoms in total. The van der Waals surface area contributed by atoms with Crippen molar-refractivity contribution in [2.24, 2.45) is 5.73 Å². The maximum absolute atomic E-state index is 13.0. The Balaban J connectivity index is 2.20. The van der Waals surface area contributed by atoms with E-state index in [1.165, 1.54) is 12.1 Å². The molecule has 2 aromatic carbocycles. The van der Waals surface area contributed by atoms with Gasteiger partial charge >= 0.3 is 0 Å². The van der Waals surface area contributed by atoms with Crippen molar-refractivity contribution in [3.63, 3.8) is 0 Å². The topological polar surface area (TPSA) is 44.5 Å². The van der Waals surface area contributed by atoms with Gasteiger partial charge in [0.05, 0.1) is 6.61 Å². The quantitative estimate of drug-likeness (QED) is 0.886.